The summed E-state index contributed by atoms with van der Waals surface area (Å²) in [5.74, 6) is 1.34. The average Bonchev–Trinajstić information content (AvgIpc) is 2.89. The minimum atomic E-state index is 0.376. The minimum absolute atomic E-state index is 0.376. The molecule has 2 rings (SSSR count). The van der Waals surface area contributed by atoms with Crippen molar-refractivity contribution in [3.05, 3.63) is 11.9 Å². The van der Waals surface area contributed by atoms with Crippen molar-refractivity contribution in [1.29, 1.82) is 0 Å². The molecule has 0 atom stereocenters. The first-order chi connectivity index (χ1) is 8.33. The van der Waals surface area contributed by atoms with E-state index in [2.05, 4.69) is 33.3 Å². The zero-order chi connectivity index (χ0) is 12.1. The molecule has 0 aliphatic heterocycles. The van der Waals surface area contributed by atoms with Crippen LogP contribution in [0.3, 0.4) is 0 Å². The molecule has 1 aliphatic rings. The van der Waals surface area contributed by atoms with Gasteiger partial charge in [-0.1, -0.05) is 13.0 Å². The third-order valence-corrected chi connectivity index (χ3v) is 2.66. The molecular weight excluding hydrogens is 216 g/mol. The zero-order valence-corrected chi connectivity index (χ0v) is 10.4. The van der Waals surface area contributed by atoms with Gasteiger partial charge in [-0.15, -0.1) is 0 Å². The number of nitrogens with one attached hydrogen (secondary N) is 1. The molecule has 5 heteroatoms. The van der Waals surface area contributed by atoms with Gasteiger partial charge in [-0.05, 0) is 31.3 Å². The molecule has 0 radical (unpaired) electrons. The van der Waals surface area contributed by atoms with Gasteiger partial charge in [-0.3, -0.25) is 0 Å². The molecule has 0 unspecified atom stereocenters. The van der Waals surface area contributed by atoms with Crippen LogP contribution in [0.15, 0.2) is 6.08 Å². The van der Waals surface area contributed by atoms with E-state index in [1.165, 1.54) is 12.0 Å². The number of nitrogens with zero attached hydrogens (tertiary/aromatic N) is 3. The lowest BCUT2D eigenvalue weighted by atomic mass is 10.2. The van der Waals surface area contributed by atoms with E-state index in [1.807, 2.05) is 0 Å². The Labute approximate surface area is 101 Å². The van der Waals surface area contributed by atoms with Crippen LogP contribution in [0.4, 0.5) is 5.95 Å². The standard InChI is InChI=1S/C12H18N4O/c1-3-8-13-11-14-10(9-6-4-5-7-9)15-12(16-11)17-2/h6H,3-5,7-8H2,1-2H3,(H,13,14,15,16). The summed E-state index contributed by atoms with van der Waals surface area (Å²) in [6.07, 6.45) is 6.56. The highest BCUT2D eigenvalue weighted by atomic mass is 16.5. The van der Waals surface area contributed by atoms with Gasteiger partial charge in [-0.25, -0.2) is 0 Å². The number of ether oxygens (including phenoxy) is 1. The van der Waals surface area contributed by atoms with Crippen molar-refractivity contribution in [3.63, 3.8) is 0 Å². The molecule has 0 aromatic carbocycles. The molecule has 0 saturated carbocycles. The molecule has 17 heavy (non-hydrogen) atoms. The van der Waals surface area contributed by atoms with Crippen LogP contribution >= 0.6 is 0 Å². The maximum atomic E-state index is 5.11. The Morgan fingerprint density at radius 2 is 2.24 bits per heavy atom. The molecule has 0 fully saturated rings. The number of allylic oxidation sites excluding steroid dienone is 2. The van der Waals surface area contributed by atoms with Crippen molar-refractivity contribution >= 4 is 11.5 Å². The maximum Gasteiger partial charge on any atom is 0.321 e. The van der Waals surface area contributed by atoms with E-state index in [0.717, 1.165) is 31.6 Å². The molecule has 0 saturated heterocycles. The summed E-state index contributed by atoms with van der Waals surface area (Å²) in [6, 6.07) is 0.376. The largest absolute Gasteiger partial charge is 0.467 e. The van der Waals surface area contributed by atoms with Gasteiger partial charge in [0.1, 0.15) is 0 Å². The van der Waals surface area contributed by atoms with E-state index in [4.69, 9.17) is 4.74 Å². The van der Waals surface area contributed by atoms with Gasteiger partial charge < -0.3 is 10.1 Å². The fourth-order valence-electron chi connectivity index (χ4n) is 1.78. The van der Waals surface area contributed by atoms with Crippen molar-refractivity contribution < 1.29 is 4.74 Å². The minimum Gasteiger partial charge on any atom is -0.467 e. The first-order valence-corrected chi connectivity index (χ1v) is 6.07. The Bertz CT molecular complexity index is 417. The fraction of sp³-hybridized carbons (Fsp3) is 0.583. The maximum absolute atomic E-state index is 5.11. The highest BCUT2D eigenvalue weighted by Gasteiger charge is 2.13. The monoisotopic (exact) mass is 234 g/mol. The third kappa shape index (κ3) is 2.93. The fourth-order valence-corrected chi connectivity index (χ4v) is 1.78. The topological polar surface area (TPSA) is 59.9 Å². The molecule has 5 nitrogen and oxygen atoms in total. The Morgan fingerprint density at radius 3 is 2.88 bits per heavy atom. The lowest BCUT2D eigenvalue weighted by Crippen LogP contribution is -2.08. The summed E-state index contributed by atoms with van der Waals surface area (Å²) in [5, 5.41) is 3.16. The van der Waals surface area contributed by atoms with Crippen molar-refractivity contribution in [1.82, 2.24) is 15.0 Å². The van der Waals surface area contributed by atoms with Gasteiger partial charge in [0.05, 0.1) is 7.11 Å². The van der Waals surface area contributed by atoms with Crippen LogP contribution in [0.5, 0.6) is 6.01 Å². The SMILES string of the molecule is CCCNc1nc(OC)nc(C2=CCCC2)n1. The van der Waals surface area contributed by atoms with Crippen LogP contribution in [0.1, 0.15) is 38.4 Å². The van der Waals surface area contributed by atoms with E-state index < -0.39 is 0 Å². The van der Waals surface area contributed by atoms with E-state index in [9.17, 15) is 0 Å². The molecule has 1 aromatic heterocycles. The number of rotatable bonds is 5. The second-order valence-corrected chi connectivity index (χ2v) is 4.02. The van der Waals surface area contributed by atoms with Gasteiger partial charge in [-0.2, -0.15) is 15.0 Å². The van der Waals surface area contributed by atoms with Gasteiger partial charge in [0.2, 0.25) is 5.95 Å². The molecule has 0 bridgehead atoms. The summed E-state index contributed by atoms with van der Waals surface area (Å²) in [5.41, 5.74) is 1.20. The summed E-state index contributed by atoms with van der Waals surface area (Å²) >= 11 is 0. The second kappa shape index (κ2) is 5.61. The van der Waals surface area contributed by atoms with Crippen LogP contribution in [-0.2, 0) is 0 Å². The van der Waals surface area contributed by atoms with Crippen LogP contribution in [0.2, 0.25) is 0 Å². The number of anilines is 1. The van der Waals surface area contributed by atoms with E-state index in [0.29, 0.717) is 12.0 Å². The number of hydrogen-bond acceptors (Lipinski definition) is 5. The summed E-state index contributed by atoms with van der Waals surface area (Å²) < 4.78 is 5.11. The van der Waals surface area contributed by atoms with Gasteiger partial charge in [0.15, 0.2) is 5.82 Å². The van der Waals surface area contributed by atoms with Gasteiger partial charge in [0, 0.05) is 6.54 Å². The zero-order valence-electron chi connectivity index (χ0n) is 10.4. The van der Waals surface area contributed by atoms with Crippen molar-refractivity contribution in [2.75, 3.05) is 19.0 Å². The Hall–Kier alpha value is -1.65. The number of hydrogen-bond donors (Lipinski definition) is 1. The third-order valence-electron chi connectivity index (χ3n) is 2.66. The van der Waals surface area contributed by atoms with Crippen LogP contribution in [-0.4, -0.2) is 28.6 Å². The van der Waals surface area contributed by atoms with Crippen molar-refractivity contribution in [2.24, 2.45) is 0 Å². The predicted octanol–water partition coefficient (Wildman–Crippen LogP) is 2.27. The quantitative estimate of drug-likeness (QED) is 0.846. The van der Waals surface area contributed by atoms with E-state index >= 15 is 0 Å². The predicted molar refractivity (Wildman–Crippen MR) is 67.0 cm³/mol. The van der Waals surface area contributed by atoms with Crippen LogP contribution in [0, 0.1) is 0 Å². The van der Waals surface area contributed by atoms with Gasteiger partial charge >= 0.3 is 6.01 Å². The first kappa shape index (κ1) is 11.8. The van der Waals surface area contributed by atoms with Crippen LogP contribution < -0.4 is 10.1 Å². The van der Waals surface area contributed by atoms with E-state index in [1.54, 1.807) is 7.11 Å². The number of aromatic nitrogens is 3. The average molecular weight is 234 g/mol. The highest BCUT2D eigenvalue weighted by molar-refractivity contribution is 5.62. The second-order valence-electron chi connectivity index (χ2n) is 4.02. The van der Waals surface area contributed by atoms with Crippen LogP contribution in [0.25, 0.3) is 5.57 Å². The number of methoxy groups -OCH3 is 1. The molecular formula is C12H18N4O. The van der Waals surface area contributed by atoms with Crippen molar-refractivity contribution in [3.8, 4) is 6.01 Å². The van der Waals surface area contributed by atoms with Gasteiger partial charge in [0.25, 0.3) is 0 Å². The molecule has 1 aromatic rings. The van der Waals surface area contributed by atoms with E-state index in [-0.39, 0.29) is 0 Å². The summed E-state index contributed by atoms with van der Waals surface area (Å²) in [7, 11) is 1.58. The lowest BCUT2D eigenvalue weighted by molar-refractivity contribution is 0.378. The Kier molecular flexibility index (Phi) is 3.90. The lowest BCUT2D eigenvalue weighted by Gasteiger charge is -2.07. The normalized spacial score (nSPS) is 14.6. The molecule has 0 spiro atoms. The summed E-state index contributed by atoms with van der Waals surface area (Å²) in [6.45, 7) is 2.96. The van der Waals surface area contributed by atoms with Crippen molar-refractivity contribution in [2.45, 2.75) is 32.6 Å². The molecule has 0 amide bonds. The Balaban J connectivity index is 2.24. The smallest absolute Gasteiger partial charge is 0.321 e. The highest BCUT2D eigenvalue weighted by Crippen LogP contribution is 2.26. The molecule has 1 heterocycles. The first-order valence-electron chi connectivity index (χ1n) is 6.07. The molecule has 92 valence electrons. The summed E-state index contributed by atoms with van der Waals surface area (Å²) in [4.78, 5) is 12.9. The Morgan fingerprint density at radius 1 is 1.35 bits per heavy atom. The molecule has 1 aliphatic carbocycles. The molecule has 1 N–H and O–H groups in total.